The number of fused-ring (bicyclic) bond motifs is 1. The highest BCUT2D eigenvalue weighted by Crippen LogP contribution is 2.19. The van der Waals surface area contributed by atoms with Gasteiger partial charge in [-0.1, -0.05) is 6.07 Å². The van der Waals surface area contributed by atoms with Crippen molar-refractivity contribution in [3.63, 3.8) is 0 Å². The quantitative estimate of drug-likeness (QED) is 0.802. The SMILES string of the molecule is Cc1ccc(F)c(NC(=O)c2cnc3c(cnn3C(C)C)c2)c1. The van der Waals surface area contributed by atoms with Crippen LogP contribution in [0.5, 0.6) is 0 Å². The van der Waals surface area contributed by atoms with Crippen molar-refractivity contribution in [2.45, 2.75) is 26.8 Å². The molecule has 3 aromatic rings. The minimum Gasteiger partial charge on any atom is -0.319 e. The van der Waals surface area contributed by atoms with Crippen LogP contribution in [0.25, 0.3) is 11.0 Å². The number of nitrogens with zero attached hydrogens (tertiary/aromatic N) is 3. The fraction of sp³-hybridized carbons (Fsp3) is 0.235. The molecular weight excluding hydrogens is 295 g/mol. The van der Waals surface area contributed by atoms with Crippen molar-refractivity contribution < 1.29 is 9.18 Å². The third-order valence-corrected chi connectivity index (χ3v) is 3.55. The second-order valence-corrected chi connectivity index (χ2v) is 5.76. The molecule has 118 valence electrons. The normalized spacial score (nSPS) is 11.2. The molecule has 0 saturated heterocycles. The number of pyridine rings is 1. The fourth-order valence-electron chi connectivity index (χ4n) is 2.37. The molecule has 0 atom stereocenters. The third kappa shape index (κ3) is 2.92. The summed E-state index contributed by atoms with van der Waals surface area (Å²) in [5.41, 5.74) is 2.11. The molecule has 3 rings (SSSR count). The Kier molecular flexibility index (Phi) is 3.82. The maximum atomic E-state index is 13.7. The number of benzene rings is 1. The molecule has 1 amide bonds. The third-order valence-electron chi connectivity index (χ3n) is 3.55. The van der Waals surface area contributed by atoms with Gasteiger partial charge in [0.15, 0.2) is 5.65 Å². The van der Waals surface area contributed by atoms with Crippen molar-refractivity contribution in [1.29, 1.82) is 0 Å². The number of halogens is 1. The first-order valence-corrected chi connectivity index (χ1v) is 7.36. The number of aromatic nitrogens is 3. The minimum absolute atomic E-state index is 0.160. The number of rotatable bonds is 3. The van der Waals surface area contributed by atoms with Crippen molar-refractivity contribution in [3.05, 3.63) is 53.6 Å². The molecular formula is C17H17FN4O. The van der Waals surface area contributed by atoms with Crippen molar-refractivity contribution in [2.24, 2.45) is 0 Å². The van der Waals surface area contributed by atoms with Crippen LogP contribution < -0.4 is 5.32 Å². The maximum absolute atomic E-state index is 13.7. The molecule has 0 fully saturated rings. The van der Waals surface area contributed by atoms with E-state index in [4.69, 9.17) is 0 Å². The molecule has 1 aromatic carbocycles. The van der Waals surface area contributed by atoms with Gasteiger partial charge >= 0.3 is 0 Å². The smallest absolute Gasteiger partial charge is 0.257 e. The van der Waals surface area contributed by atoms with E-state index in [1.165, 1.54) is 12.3 Å². The van der Waals surface area contributed by atoms with Gasteiger partial charge in [0.05, 0.1) is 17.4 Å². The van der Waals surface area contributed by atoms with Crippen LogP contribution in [-0.2, 0) is 0 Å². The van der Waals surface area contributed by atoms with E-state index in [2.05, 4.69) is 15.4 Å². The van der Waals surface area contributed by atoms with Crippen LogP contribution in [0.4, 0.5) is 10.1 Å². The number of nitrogens with one attached hydrogen (secondary N) is 1. The molecule has 23 heavy (non-hydrogen) atoms. The summed E-state index contributed by atoms with van der Waals surface area (Å²) in [5, 5.41) is 7.62. The average molecular weight is 312 g/mol. The molecule has 0 aliphatic heterocycles. The first kappa shape index (κ1) is 15.1. The van der Waals surface area contributed by atoms with Gasteiger partial charge in [0.25, 0.3) is 5.91 Å². The summed E-state index contributed by atoms with van der Waals surface area (Å²) < 4.78 is 15.5. The lowest BCUT2D eigenvalue weighted by molar-refractivity contribution is 0.102. The highest BCUT2D eigenvalue weighted by Gasteiger charge is 2.13. The van der Waals surface area contributed by atoms with Gasteiger partial charge in [0.2, 0.25) is 0 Å². The molecule has 0 aliphatic rings. The molecule has 0 saturated carbocycles. The zero-order chi connectivity index (χ0) is 16.6. The van der Waals surface area contributed by atoms with E-state index < -0.39 is 11.7 Å². The number of aryl methyl sites for hydroxylation is 1. The molecule has 2 aromatic heterocycles. The Hall–Kier alpha value is -2.76. The van der Waals surface area contributed by atoms with Gasteiger partial charge in [-0.05, 0) is 44.5 Å². The highest BCUT2D eigenvalue weighted by molar-refractivity contribution is 6.05. The number of carbonyl (C=O) groups excluding carboxylic acids is 1. The van der Waals surface area contributed by atoms with Gasteiger partial charge in [0.1, 0.15) is 5.82 Å². The largest absolute Gasteiger partial charge is 0.319 e. The Morgan fingerprint density at radius 2 is 2.04 bits per heavy atom. The topological polar surface area (TPSA) is 59.8 Å². The molecule has 5 nitrogen and oxygen atoms in total. The summed E-state index contributed by atoms with van der Waals surface area (Å²) in [6.45, 7) is 5.85. The van der Waals surface area contributed by atoms with Crippen LogP contribution in [-0.4, -0.2) is 20.7 Å². The monoisotopic (exact) mass is 312 g/mol. The Morgan fingerprint density at radius 1 is 1.26 bits per heavy atom. The zero-order valence-corrected chi connectivity index (χ0v) is 13.2. The van der Waals surface area contributed by atoms with E-state index in [-0.39, 0.29) is 11.7 Å². The van der Waals surface area contributed by atoms with E-state index >= 15 is 0 Å². The van der Waals surface area contributed by atoms with Crippen LogP contribution >= 0.6 is 0 Å². The molecule has 2 heterocycles. The van der Waals surface area contributed by atoms with Gasteiger partial charge in [-0.2, -0.15) is 5.10 Å². The molecule has 0 unspecified atom stereocenters. The number of hydrogen-bond donors (Lipinski definition) is 1. The lowest BCUT2D eigenvalue weighted by Crippen LogP contribution is -2.13. The first-order valence-electron chi connectivity index (χ1n) is 7.36. The Labute approximate surface area is 133 Å². The van der Waals surface area contributed by atoms with E-state index in [0.29, 0.717) is 5.56 Å². The Morgan fingerprint density at radius 3 is 2.78 bits per heavy atom. The summed E-state index contributed by atoms with van der Waals surface area (Å²) in [5.74, 6) is -0.869. The van der Waals surface area contributed by atoms with Gasteiger partial charge in [-0.15, -0.1) is 0 Å². The summed E-state index contributed by atoms with van der Waals surface area (Å²) in [4.78, 5) is 16.6. The zero-order valence-electron chi connectivity index (χ0n) is 13.2. The fourth-order valence-corrected chi connectivity index (χ4v) is 2.37. The number of carbonyl (C=O) groups is 1. The molecule has 0 spiro atoms. The predicted octanol–water partition coefficient (Wildman–Crippen LogP) is 3.71. The van der Waals surface area contributed by atoms with Crippen LogP contribution in [0, 0.1) is 12.7 Å². The molecule has 0 radical (unpaired) electrons. The van der Waals surface area contributed by atoms with E-state index in [1.54, 1.807) is 29.1 Å². The van der Waals surface area contributed by atoms with Gasteiger partial charge < -0.3 is 5.32 Å². The average Bonchev–Trinajstić information content (AvgIpc) is 2.94. The Balaban J connectivity index is 1.90. The standard InChI is InChI=1S/C17H17FN4O/c1-10(2)22-16-12(9-20-22)7-13(8-19-16)17(23)21-15-6-11(3)4-5-14(15)18/h4-10H,1-3H3,(H,21,23). The Bertz CT molecular complexity index is 885. The van der Waals surface area contributed by atoms with Crippen LogP contribution in [0.2, 0.25) is 0 Å². The van der Waals surface area contributed by atoms with Gasteiger partial charge in [0, 0.05) is 17.6 Å². The number of hydrogen-bond acceptors (Lipinski definition) is 3. The van der Waals surface area contributed by atoms with Crippen molar-refractivity contribution in [2.75, 3.05) is 5.32 Å². The van der Waals surface area contributed by atoms with Crippen molar-refractivity contribution in [1.82, 2.24) is 14.8 Å². The summed E-state index contributed by atoms with van der Waals surface area (Å²) in [6, 6.07) is 6.46. The molecule has 0 bridgehead atoms. The van der Waals surface area contributed by atoms with Crippen molar-refractivity contribution >= 4 is 22.6 Å². The van der Waals surface area contributed by atoms with Crippen molar-refractivity contribution in [3.8, 4) is 0 Å². The minimum atomic E-state index is -0.467. The van der Waals surface area contributed by atoms with Crippen LogP contribution in [0.15, 0.2) is 36.7 Å². The van der Waals surface area contributed by atoms with Gasteiger partial charge in [-0.3, -0.25) is 4.79 Å². The molecule has 1 N–H and O–H groups in total. The molecule has 6 heteroatoms. The lowest BCUT2D eigenvalue weighted by Gasteiger charge is -2.08. The first-order chi connectivity index (χ1) is 11.0. The van der Waals surface area contributed by atoms with Gasteiger partial charge in [-0.25, -0.2) is 14.1 Å². The number of anilines is 1. The highest BCUT2D eigenvalue weighted by atomic mass is 19.1. The summed E-state index contributed by atoms with van der Waals surface area (Å²) >= 11 is 0. The van der Waals surface area contributed by atoms with E-state index in [0.717, 1.165) is 16.6 Å². The van der Waals surface area contributed by atoms with E-state index in [1.807, 2.05) is 20.8 Å². The second kappa shape index (κ2) is 5.79. The lowest BCUT2D eigenvalue weighted by atomic mass is 10.2. The summed E-state index contributed by atoms with van der Waals surface area (Å²) in [7, 11) is 0. The maximum Gasteiger partial charge on any atom is 0.257 e. The second-order valence-electron chi connectivity index (χ2n) is 5.76. The summed E-state index contributed by atoms with van der Waals surface area (Å²) in [6.07, 6.45) is 3.15. The molecule has 0 aliphatic carbocycles. The number of amides is 1. The van der Waals surface area contributed by atoms with E-state index in [9.17, 15) is 9.18 Å². The van der Waals surface area contributed by atoms with Crippen LogP contribution in [0.1, 0.15) is 35.8 Å². The predicted molar refractivity (Wildman–Crippen MR) is 87.0 cm³/mol. The van der Waals surface area contributed by atoms with Crippen LogP contribution in [0.3, 0.4) is 0 Å².